The number of rotatable bonds is 3. The molecule has 1 spiro atoms. The lowest BCUT2D eigenvalue weighted by Crippen LogP contribution is -2.64. The standard InChI is InChI=1S/C15H20N4O/c1-3-10-6-16-13-12(10)14(18-9-17-13)19-7-15(8-19)4-11(5-15)20-2/h6,9,11H,3-5,7-8H2,1-2H3,(H,16,17,18). The Labute approximate surface area is 118 Å². The van der Waals surface area contributed by atoms with Gasteiger partial charge >= 0.3 is 0 Å². The Morgan fingerprint density at radius 3 is 2.90 bits per heavy atom. The summed E-state index contributed by atoms with van der Waals surface area (Å²) in [5, 5.41) is 1.20. The second kappa shape index (κ2) is 4.19. The van der Waals surface area contributed by atoms with Crippen molar-refractivity contribution in [3.8, 4) is 0 Å². The molecular weight excluding hydrogens is 252 g/mol. The van der Waals surface area contributed by atoms with Crippen LogP contribution in [0, 0.1) is 5.41 Å². The summed E-state index contributed by atoms with van der Waals surface area (Å²) in [6, 6.07) is 0. The Morgan fingerprint density at radius 1 is 1.40 bits per heavy atom. The fourth-order valence-electron chi connectivity index (χ4n) is 3.77. The molecule has 0 atom stereocenters. The minimum atomic E-state index is 0.473. The van der Waals surface area contributed by atoms with E-state index in [1.807, 2.05) is 7.11 Å². The van der Waals surface area contributed by atoms with Crippen LogP contribution in [0.2, 0.25) is 0 Å². The van der Waals surface area contributed by atoms with Crippen molar-refractivity contribution in [2.75, 3.05) is 25.1 Å². The molecule has 2 fully saturated rings. The van der Waals surface area contributed by atoms with Gasteiger partial charge in [-0.1, -0.05) is 6.92 Å². The Balaban J connectivity index is 1.60. The molecule has 5 heteroatoms. The van der Waals surface area contributed by atoms with Gasteiger partial charge in [0.25, 0.3) is 0 Å². The SMILES string of the molecule is CCc1c[nH]c2ncnc(N3CC4(CC(OC)C4)C3)c12. The predicted octanol–water partition coefficient (Wildman–Crippen LogP) is 2.14. The van der Waals surface area contributed by atoms with Gasteiger partial charge in [0, 0.05) is 31.8 Å². The summed E-state index contributed by atoms with van der Waals surface area (Å²) < 4.78 is 5.40. The quantitative estimate of drug-likeness (QED) is 0.930. The Morgan fingerprint density at radius 2 is 2.20 bits per heavy atom. The van der Waals surface area contributed by atoms with Gasteiger partial charge in [0.2, 0.25) is 0 Å². The number of anilines is 1. The molecular formula is C15H20N4O. The second-order valence-corrected chi connectivity index (χ2v) is 6.21. The van der Waals surface area contributed by atoms with Crippen LogP contribution in [0.1, 0.15) is 25.3 Å². The van der Waals surface area contributed by atoms with Gasteiger partial charge in [-0.05, 0) is 24.8 Å². The van der Waals surface area contributed by atoms with Crippen molar-refractivity contribution in [3.63, 3.8) is 0 Å². The zero-order valence-corrected chi connectivity index (χ0v) is 12.0. The molecule has 0 unspecified atom stereocenters. The Bertz CT molecular complexity index is 636. The number of methoxy groups -OCH3 is 1. The highest BCUT2D eigenvalue weighted by Gasteiger charge is 2.53. The molecule has 2 aliphatic rings. The van der Waals surface area contributed by atoms with Crippen molar-refractivity contribution in [2.45, 2.75) is 32.3 Å². The second-order valence-electron chi connectivity index (χ2n) is 6.21. The highest BCUT2D eigenvalue weighted by molar-refractivity contribution is 5.91. The average molecular weight is 272 g/mol. The molecule has 1 saturated heterocycles. The minimum absolute atomic E-state index is 0.473. The lowest BCUT2D eigenvalue weighted by atomic mass is 9.61. The number of aromatic nitrogens is 3. The van der Waals surface area contributed by atoms with E-state index in [1.165, 1.54) is 23.8 Å². The molecule has 5 nitrogen and oxygen atoms in total. The summed E-state index contributed by atoms with van der Waals surface area (Å²) >= 11 is 0. The van der Waals surface area contributed by atoms with Crippen LogP contribution in [0.25, 0.3) is 11.0 Å². The number of nitrogens with zero attached hydrogens (tertiary/aromatic N) is 3. The molecule has 2 aromatic heterocycles. The summed E-state index contributed by atoms with van der Waals surface area (Å²) in [6.07, 6.45) is 7.59. The van der Waals surface area contributed by atoms with Crippen molar-refractivity contribution in [1.29, 1.82) is 0 Å². The van der Waals surface area contributed by atoms with E-state index in [-0.39, 0.29) is 0 Å². The molecule has 0 radical (unpaired) electrons. The van der Waals surface area contributed by atoms with E-state index in [0.29, 0.717) is 11.5 Å². The van der Waals surface area contributed by atoms with Crippen LogP contribution in [0.3, 0.4) is 0 Å². The van der Waals surface area contributed by atoms with Crippen LogP contribution in [0.15, 0.2) is 12.5 Å². The van der Waals surface area contributed by atoms with E-state index in [9.17, 15) is 0 Å². The molecule has 1 aliphatic heterocycles. The number of ether oxygens (including phenoxy) is 1. The van der Waals surface area contributed by atoms with Gasteiger partial charge in [-0.3, -0.25) is 0 Å². The molecule has 1 saturated carbocycles. The first-order valence-electron chi connectivity index (χ1n) is 7.33. The predicted molar refractivity (Wildman–Crippen MR) is 77.9 cm³/mol. The summed E-state index contributed by atoms with van der Waals surface area (Å²) in [7, 11) is 1.81. The first-order valence-corrected chi connectivity index (χ1v) is 7.33. The van der Waals surface area contributed by atoms with Gasteiger partial charge in [0.1, 0.15) is 17.8 Å². The smallest absolute Gasteiger partial charge is 0.143 e. The van der Waals surface area contributed by atoms with E-state index in [2.05, 4.69) is 33.0 Å². The van der Waals surface area contributed by atoms with Crippen molar-refractivity contribution in [2.24, 2.45) is 5.41 Å². The van der Waals surface area contributed by atoms with Crippen molar-refractivity contribution < 1.29 is 4.74 Å². The number of H-pyrrole nitrogens is 1. The summed E-state index contributed by atoms with van der Waals surface area (Å²) in [6.45, 7) is 4.38. The van der Waals surface area contributed by atoms with Gasteiger partial charge in [-0.15, -0.1) is 0 Å². The average Bonchev–Trinajstić information content (AvgIpc) is 2.79. The number of fused-ring (bicyclic) bond motifs is 1. The van der Waals surface area contributed by atoms with Crippen molar-refractivity contribution in [3.05, 3.63) is 18.1 Å². The number of aryl methyl sites for hydroxylation is 1. The number of hydrogen-bond acceptors (Lipinski definition) is 4. The van der Waals surface area contributed by atoms with Crippen LogP contribution in [-0.4, -0.2) is 41.3 Å². The lowest BCUT2D eigenvalue weighted by Gasteiger charge is -2.59. The molecule has 0 bridgehead atoms. The van der Waals surface area contributed by atoms with E-state index >= 15 is 0 Å². The topological polar surface area (TPSA) is 54.0 Å². The minimum Gasteiger partial charge on any atom is -0.381 e. The van der Waals surface area contributed by atoms with Crippen molar-refractivity contribution in [1.82, 2.24) is 15.0 Å². The van der Waals surface area contributed by atoms with Crippen LogP contribution < -0.4 is 4.90 Å². The molecule has 0 amide bonds. The molecule has 20 heavy (non-hydrogen) atoms. The van der Waals surface area contributed by atoms with Gasteiger partial charge in [0.15, 0.2) is 0 Å². The zero-order valence-electron chi connectivity index (χ0n) is 12.0. The number of hydrogen-bond donors (Lipinski definition) is 1. The molecule has 106 valence electrons. The molecule has 2 aromatic rings. The maximum Gasteiger partial charge on any atom is 0.143 e. The van der Waals surface area contributed by atoms with E-state index in [0.717, 1.165) is 31.0 Å². The van der Waals surface area contributed by atoms with Crippen LogP contribution in [0.5, 0.6) is 0 Å². The van der Waals surface area contributed by atoms with Gasteiger partial charge in [-0.2, -0.15) is 0 Å². The largest absolute Gasteiger partial charge is 0.381 e. The molecule has 3 heterocycles. The van der Waals surface area contributed by atoms with Crippen molar-refractivity contribution >= 4 is 16.9 Å². The third kappa shape index (κ3) is 1.59. The van der Waals surface area contributed by atoms with Crippen LogP contribution in [0.4, 0.5) is 5.82 Å². The molecule has 1 aliphatic carbocycles. The maximum atomic E-state index is 5.40. The first kappa shape index (κ1) is 12.1. The van der Waals surface area contributed by atoms with Gasteiger partial charge < -0.3 is 14.6 Å². The lowest BCUT2D eigenvalue weighted by molar-refractivity contribution is -0.0732. The van der Waals surface area contributed by atoms with Gasteiger partial charge in [-0.25, -0.2) is 9.97 Å². The van der Waals surface area contributed by atoms with E-state index < -0.39 is 0 Å². The van der Waals surface area contributed by atoms with Gasteiger partial charge in [0.05, 0.1) is 11.5 Å². The highest BCUT2D eigenvalue weighted by Crippen LogP contribution is 2.51. The monoisotopic (exact) mass is 272 g/mol. The summed E-state index contributed by atoms with van der Waals surface area (Å²) in [4.78, 5) is 14.5. The Hall–Kier alpha value is -1.62. The Kier molecular flexibility index (Phi) is 2.54. The third-order valence-electron chi connectivity index (χ3n) is 4.92. The first-order chi connectivity index (χ1) is 9.74. The fourth-order valence-corrected chi connectivity index (χ4v) is 3.77. The summed E-state index contributed by atoms with van der Waals surface area (Å²) in [5.74, 6) is 1.10. The summed E-state index contributed by atoms with van der Waals surface area (Å²) in [5.41, 5.74) is 2.75. The maximum absolute atomic E-state index is 5.40. The third-order valence-corrected chi connectivity index (χ3v) is 4.92. The van der Waals surface area contributed by atoms with E-state index in [4.69, 9.17) is 4.74 Å². The molecule has 0 aromatic carbocycles. The normalized spacial score (nSPS) is 21.2. The number of aromatic amines is 1. The molecule has 4 rings (SSSR count). The molecule has 1 N–H and O–H groups in total. The van der Waals surface area contributed by atoms with Crippen LogP contribution >= 0.6 is 0 Å². The fraction of sp³-hybridized carbons (Fsp3) is 0.600. The number of nitrogens with one attached hydrogen (secondary N) is 1. The highest BCUT2D eigenvalue weighted by atomic mass is 16.5. The zero-order chi connectivity index (χ0) is 13.7. The van der Waals surface area contributed by atoms with E-state index in [1.54, 1.807) is 6.33 Å². The van der Waals surface area contributed by atoms with Crippen LogP contribution in [-0.2, 0) is 11.2 Å².